The number of carbonyl (C=O) groups is 2. The van der Waals surface area contributed by atoms with Gasteiger partial charge >= 0.3 is 5.97 Å². The van der Waals surface area contributed by atoms with E-state index in [1.54, 1.807) is 17.0 Å². The zero-order valence-electron chi connectivity index (χ0n) is 21.6. The number of likely N-dealkylation sites (tertiary alicyclic amines) is 1. The van der Waals surface area contributed by atoms with Crippen molar-refractivity contribution in [3.8, 4) is 23.0 Å². The number of carbonyl (C=O) groups excluding carboxylic acids is 2. The number of ether oxygens (including phenoxy) is 5. The van der Waals surface area contributed by atoms with Gasteiger partial charge in [0.25, 0.3) is 10.0 Å². The average Bonchev–Trinajstić information content (AvgIpc) is 2.94. The van der Waals surface area contributed by atoms with Crippen LogP contribution in [-0.4, -0.2) is 80.4 Å². The van der Waals surface area contributed by atoms with Crippen LogP contribution in [-0.2, 0) is 24.3 Å². The fraction of sp³-hybridized carbons (Fsp3) is 0.440. The van der Waals surface area contributed by atoms with Crippen molar-refractivity contribution in [2.24, 2.45) is 5.92 Å². The summed E-state index contributed by atoms with van der Waals surface area (Å²) in [6, 6.07) is 8.88. The first-order valence-electron chi connectivity index (χ1n) is 11.5. The summed E-state index contributed by atoms with van der Waals surface area (Å²) < 4.78 is 55.0. The second-order valence-corrected chi connectivity index (χ2v) is 10.1. The van der Waals surface area contributed by atoms with E-state index in [9.17, 15) is 18.0 Å². The number of rotatable bonds is 10. The van der Waals surface area contributed by atoms with E-state index in [-0.39, 0.29) is 34.0 Å². The monoisotopic (exact) mass is 536 g/mol. The summed E-state index contributed by atoms with van der Waals surface area (Å²) in [6.07, 6.45) is 0.868. The Hall–Kier alpha value is -3.67. The fourth-order valence-electron chi connectivity index (χ4n) is 4.15. The van der Waals surface area contributed by atoms with E-state index in [1.807, 2.05) is 0 Å². The van der Waals surface area contributed by atoms with Crippen LogP contribution in [0.5, 0.6) is 23.0 Å². The van der Waals surface area contributed by atoms with Crippen LogP contribution >= 0.6 is 0 Å². The Balaban J connectivity index is 2.01. The molecule has 0 atom stereocenters. The molecule has 12 heteroatoms. The second-order valence-electron chi connectivity index (χ2n) is 8.24. The SMILES string of the molecule is COC(=O)C1CCN(C(=O)CN(c2cc(OC)ccc2OC)S(=O)(=O)c2ccc(OC)c(OC)c2)CC1. The van der Waals surface area contributed by atoms with E-state index in [4.69, 9.17) is 23.7 Å². The molecule has 0 N–H and O–H groups in total. The maximum absolute atomic E-state index is 14.0. The van der Waals surface area contributed by atoms with Crippen LogP contribution in [0.2, 0.25) is 0 Å². The van der Waals surface area contributed by atoms with Crippen molar-refractivity contribution in [2.45, 2.75) is 17.7 Å². The molecule has 1 heterocycles. The minimum Gasteiger partial charge on any atom is -0.497 e. The van der Waals surface area contributed by atoms with Crippen LogP contribution in [0.15, 0.2) is 41.3 Å². The predicted octanol–water partition coefficient (Wildman–Crippen LogP) is 2.33. The van der Waals surface area contributed by atoms with Crippen molar-refractivity contribution in [1.82, 2.24) is 4.90 Å². The highest BCUT2D eigenvalue weighted by Crippen LogP contribution is 2.37. The van der Waals surface area contributed by atoms with Gasteiger partial charge in [0.1, 0.15) is 18.0 Å². The summed E-state index contributed by atoms with van der Waals surface area (Å²) in [6.45, 7) is 0.110. The first-order chi connectivity index (χ1) is 17.7. The molecular weight excluding hydrogens is 504 g/mol. The van der Waals surface area contributed by atoms with Crippen LogP contribution in [0.3, 0.4) is 0 Å². The third-order valence-corrected chi connectivity index (χ3v) is 8.01. The smallest absolute Gasteiger partial charge is 0.308 e. The number of amides is 1. The number of esters is 1. The number of anilines is 1. The molecule has 0 aromatic heterocycles. The van der Waals surface area contributed by atoms with Gasteiger partial charge in [-0.2, -0.15) is 0 Å². The quantitative estimate of drug-likeness (QED) is 0.421. The van der Waals surface area contributed by atoms with Gasteiger partial charge in [-0.15, -0.1) is 0 Å². The van der Waals surface area contributed by atoms with E-state index in [1.165, 1.54) is 59.8 Å². The number of hydrogen-bond donors (Lipinski definition) is 0. The van der Waals surface area contributed by atoms with Crippen LogP contribution in [0.25, 0.3) is 0 Å². The topological polar surface area (TPSA) is 121 Å². The Morgan fingerprint density at radius 2 is 1.49 bits per heavy atom. The lowest BCUT2D eigenvalue weighted by Gasteiger charge is -2.33. The summed E-state index contributed by atoms with van der Waals surface area (Å²) >= 11 is 0. The molecule has 3 rings (SSSR count). The van der Waals surface area contributed by atoms with Gasteiger partial charge in [-0.05, 0) is 37.1 Å². The molecule has 1 aliphatic rings. The van der Waals surface area contributed by atoms with Gasteiger partial charge in [0.05, 0.1) is 52.0 Å². The van der Waals surface area contributed by atoms with Crippen molar-refractivity contribution in [3.63, 3.8) is 0 Å². The summed E-state index contributed by atoms with van der Waals surface area (Å²) in [5.74, 6) is 0.174. The van der Waals surface area contributed by atoms with Crippen molar-refractivity contribution in [2.75, 3.05) is 59.5 Å². The summed E-state index contributed by atoms with van der Waals surface area (Å²) in [5.41, 5.74) is 0.134. The second kappa shape index (κ2) is 12.0. The Morgan fingerprint density at radius 1 is 0.865 bits per heavy atom. The molecule has 1 aliphatic heterocycles. The molecule has 0 aliphatic carbocycles. The van der Waals surface area contributed by atoms with Gasteiger partial charge in [-0.25, -0.2) is 8.42 Å². The highest BCUT2D eigenvalue weighted by Gasteiger charge is 2.34. The largest absolute Gasteiger partial charge is 0.497 e. The normalized spacial score (nSPS) is 14.0. The van der Waals surface area contributed by atoms with Crippen LogP contribution in [0.4, 0.5) is 5.69 Å². The number of hydrogen-bond acceptors (Lipinski definition) is 9. The standard InChI is InChI=1S/C25H32N2O9S/c1-32-18-6-8-21(33-2)20(14-18)27(16-24(28)26-12-10-17(11-13-26)25(29)36-5)37(30,31)19-7-9-22(34-3)23(15-19)35-4/h6-9,14-15,17H,10-13,16H2,1-5H3. The Kier molecular flexibility index (Phi) is 9.09. The number of benzene rings is 2. The molecule has 1 saturated heterocycles. The van der Waals surface area contributed by atoms with E-state index in [0.29, 0.717) is 37.4 Å². The molecule has 1 fully saturated rings. The Morgan fingerprint density at radius 3 is 2.05 bits per heavy atom. The molecule has 2 aromatic carbocycles. The van der Waals surface area contributed by atoms with Crippen molar-refractivity contribution in [1.29, 1.82) is 0 Å². The maximum atomic E-state index is 14.0. The molecule has 37 heavy (non-hydrogen) atoms. The third-order valence-electron chi connectivity index (χ3n) is 6.26. The van der Waals surface area contributed by atoms with Gasteiger partial charge in [0.15, 0.2) is 11.5 Å². The number of nitrogens with zero attached hydrogens (tertiary/aromatic N) is 2. The minimum atomic E-state index is -4.29. The highest BCUT2D eigenvalue weighted by atomic mass is 32.2. The maximum Gasteiger partial charge on any atom is 0.308 e. The first kappa shape index (κ1) is 27.9. The van der Waals surface area contributed by atoms with Crippen molar-refractivity contribution < 1.29 is 41.7 Å². The first-order valence-corrected chi connectivity index (χ1v) is 13.0. The number of methoxy groups -OCH3 is 5. The number of sulfonamides is 1. The van der Waals surface area contributed by atoms with Crippen molar-refractivity contribution in [3.05, 3.63) is 36.4 Å². The lowest BCUT2D eigenvalue weighted by molar-refractivity contribution is -0.148. The highest BCUT2D eigenvalue weighted by molar-refractivity contribution is 7.92. The van der Waals surface area contributed by atoms with Gasteiger partial charge in [0.2, 0.25) is 5.91 Å². The van der Waals surface area contributed by atoms with E-state index < -0.39 is 22.5 Å². The average molecular weight is 537 g/mol. The molecule has 202 valence electrons. The van der Waals surface area contributed by atoms with Crippen LogP contribution in [0.1, 0.15) is 12.8 Å². The molecule has 1 amide bonds. The van der Waals surface area contributed by atoms with Gasteiger partial charge in [-0.1, -0.05) is 0 Å². The van der Waals surface area contributed by atoms with E-state index in [2.05, 4.69) is 0 Å². The van der Waals surface area contributed by atoms with Crippen LogP contribution in [0, 0.1) is 5.92 Å². The van der Waals surface area contributed by atoms with E-state index >= 15 is 0 Å². The molecule has 0 radical (unpaired) electrons. The molecule has 0 bridgehead atoms. The van der Waals surface area contributed by atoms with Gasteiger partial charge in [0, 0.05) is 25.2 Å². The zero-order chi connectivity index (χ0) is 27.2. The Labute approximate surface area is 216 Å². The predicted molar refractivity (Wildman–Crippen MR) is 135 cm³/mol. The number of piperidine rings is 1. The summed E-state index contributed by atoms with van der Waals surface area (Å²) in [5, 5.41) is 0. The molecule has 0 unspecified atom stereocenters. The lowest BCUT2D eigenvalue weighted by atomic mass is 9.97. The Bertz CT molecular complexity index is 1220. The third kappa shape index (κ3) is 6.01. The molecular formula is C25H32N2O9S. The summed E-state index contributed by atoms with van der Waals surface area (Å²) in [4.78, 5) is 26.7. The summed E-state index contributed by atoms with van der Waals surface area (Å²) in [7, 11) is 2.75. The van der Waals surface area contributed by atoms with Crippen molar-refractivity contribution >= 4 is 27.6 Å². The molecule has 0 saturated carbocycles. The zero-order valence-corrected chi connectivity index (χ0v) is 22.4. The van der Waals surface area contributed by atoms with Gasteiger partial charge in [-0.3, -0.25) is 13.9 Å². The minimum absolute atomic E-state index is 0.104. The molecule has 11 nitrogen and oxygen atoms in total. The van der Waals surface area contributed by atoms with Crippen LogP contribution < -0.4 is 23.3 Å². The molecule has 2 aromatic rings. The lowest BCUT2D eigenvalue weighted by Crippen LogP contribution is -2.46. The molecule has 0 spiro atoms. The fourth-order valence-corrected chi connectivity index (χ4v) is 5.58. The van der Waals surface area contributed by atoms with E-state index in [0.717, 1.165) is 4.31 Å². The van der Waals surface area contributed by atoms with Gasteiger partial charge < -0.3 is 28.6 Å².